The summed E-state index contributed by atoms with van der Waals surface area (Å²) in [6.07, 6.45) is 5.17. The van der Waals surface area contributed by atoms with Crippen LogP contribution in [0.1, 0.15) is 38.2 Å². The average Bonchev–Trinajstić information content (AvgIpc) is 2.59. The number of hydrogen-bond acceptors (Lipinski definition) is 5. The first-order valence-electron chi connectivity index (χ1n) is 8.07. The van der Waals surface area contributed by atoms with E-state index in [2.05, 4.69) is 13.8 Å². The van der Waals surface area contributed by atoms with E-state index >= 15 is 0 Å². The summed E-state index contributed by atoms with van der Waals surface area (Å²) in [7, 11) is -4.13. The van der Waals surface area contributed by atoms with E-state index in [0.717, 1.165) is 6.42 Å². The molecule has 136 valence electrons. The van der Waals surface area contributed by atoms with Gasteiger partial charge in [0.1, 0.15) is 16.8 Å². The molecule has 6 nitrogen and oxygen atoms in total. The maximum Gasteiger partial charge on any atom is 0.349 e. The second-order valence-electron chi connectivity index (χ2n) is 5.90. The van der Waals surface area contributed by atoms with E-state index in [1.807, 2.05) is 24.3 Å². The van der Waals surface area contributed by atoms with Gasteiger partial charge in [0.15, 0.2) is 6.61 Å². The van der Waals surface area contributed by atoms with Crippen molar-refractivity contribution in [1.29, 1.82) is 0 Å². The smallest absolute Gasteiger partial charge is 0.349 e. The number of ether oxygens (including phenoxy) is 2. The van der Waals surface area contributed by atoms with Gasteiger partial charge in [-0.3, -0.25) is 4.55 Å². The van der Waals surface area contributed by atoms with Crippen molar-refractivity contribution < 1.29 is 27.2 Å². The zero-order valence-corrected chi connectivity index (χ0v) is 15.0. The van der Waals surface area contributed by atoms with Gasteiger partial charge in [0.25, 0.3) is 10.1 Å². The van der Waals surface area contributed by atoms with E-state index in [4.69, 9.17) is 14.0 Å². The number of benzene rings is 1. The lowest BCUT2D eigenvalue weighted by atomic mass is 9.99. The quantitative estimate of drug-likeness (QED) is 0.589. The Bertz CT molecular complexity index is 761. The third kappa shape index (κ3) is 5.72. The molecule has 1 aromatic carbocycles. The second kappa shape index (κ2) is 8.31. The fourth-order valence-electron chi connectivity index (χ4n) is 2.31. The van der Waals surface area contributed by atoms with Gasteiger partial charge in [0.05, 0.1) is 0 Å². The molecule has 0 amide bonds. The highest BCUT2D eigenvalue weighted by molar-refractivity contribution is 7.86. The average molecular weight is 366 g/mol. The molecule has 0 aromatic heterocycles. The van der Waals surface area contributed by atoms with E-state index in [0.29, 0.717) is 11.7 Å². The van der Waals surface area contributed by atoms with Gasteiger partial charge in [-0.2, -0.15) is 8.42 Å². The van der Waals surface area contributed by atoms with Gasteiger partial charge in [-0.25, -0.2) is 4.79 Å². The molecule has 2 rings (SSSR count). The predicted molar refractivity (Wildman–Crippen MR) is 93.9 cm³/mol. The van der Waals surface area contributed by atoms with Crippen molar-refractivity contribution in [3.8, 4) is 5.75 Å². The monoisotopic (exact) mass is 366 g/mol. The minimum absolute atomic E-state index is 0.0515. The third-order valence-electron chi connectivity index (χ3n) is 4.06. The third-order valence-corrected chi connectivity index (χ3v) is 5.17. The zero-order valence-electron chi connectivity index (χ0n) is 14.2. The zero-order chi connectivity index (χ0) is 18.4. The molecular weight excluding hydrogens is 344 g/mol. The van der Waals surface area contributed by atoms with Gasteiger partial charge in [0.2, 0.25) is 0 Å². The number of allylic oxidation sites excluding steroid dienone is 2. The van der Waals surface area contributed by atoms with Crippen molar-refractivity contribution in [2.75, 3.05) is 6.61 Å². The summed E-state index contributed by atoms with van der Waals surface area (Å²) in [6, 6.07) is 7.56. The highest BCUT2D eigenvalue weighted by Crippen LogP contribution is 2.22. The molecule has 2 unspecified atom stereocenters. The van der Waals surface area contributed by atoms with Crippen LogP contribution < -0.4 is 4.74 Å². The Hall–Kier alpha value is -2.12. The molecule has 0 bridgehead atoms. The number of hydrogen-bond donors (Lipinski definition) is 1. The molecule has 1 aliphatic rings. The van der Waals surface area contributed by atoms with Crippen LogP contribution in [-0.4, -0.2) is 30.8 Å². The molecule has 0 aliphatic heterocycles. The van der Waals surface area contributed by atoms with Crippen LogP contribution in [0.15, 0.2) is 48.3 Å². The Morgan fingerprint density at radius 2 is 2.00 bits per heavy atom. The number of rotatable bonds is 7. The lowest BCUT2D eigenvalue weighted by Gasteiger charge is -2.14. The van der Waals surface area contributed by atoms with E-state index in [1.165, 1.54) is 23.8 Å². The Morgan fingerprint density at radius 1 is 1.32 bits per heavy atom. The normalized spacial score (nSPS) is 18.4. The van der Waals surface area contributed by atoms with Crippen molar-refractivity contribution in [3.05, 3.63) is 53.8 Å². The fraction of sp³-hybridized carbons (Fsp3) is 0.389. The van der Waals surface area contributed by atoms with E-state index < -0.39 is 21.3 Å². The summed E-state index contributed by atoms with van der Waals surface area (Å²) in [6.45, 7) is 4.01. The maximum atomic E-state index is 11.8. The van der Waals surface area contributed by atoms with Crippen LogP contribution in [0.25, 0.3) is 0 Å². The van der Waals surface area contributed by atoms with Crippen molar-refractivity contribution in [2.45, 2.75) is 37.9 Å². The molecule has 25 heavy (non-hydrogen) atoms. The summed E-state index contributed by atoms with van der Waals surface area (Å²) in [5, 5.41) is -1.00. The molecule has 0 spiro atoms. The van der Waals surface area contributed by atoms with Crippen molar-refractivity contribution in [1.82, 2.24) is 0 Å². The second-order valence-corrected chi connectivity index (χ2v) is 7.53. The predicted octanol–water partition coefficient (Wildman–Crippen LogP) is 3.22. The van der Waals surface area contributed by atoms with Crippen molar-refractivity contribution >= 4 is 16.1 Å². The molecule has 0 heterocycles. The largest absolute Gasteiger partial charge is 0.482 e. The van der Waals surface area contributed by atoms with Gasteiger partial charge in [-0.15, -0.1) is 0 Å². The lowest BCUT2D eigenvalue weighted by Crippen LogP contribution is -2.20. The van der Waals surface area contributed by atoms with Crippen molar-refractivity contribution in [3.63, 3.8) is 0 Å². The van der Waals surface area contributed by atoms with Gasteiger partial charge < -0.3 is 9.47 Å². The van der Waals surface area contributed by atoms with E-state index in [-0.39, 0.29) is 18.8 Å². The first-order chi connectivity index (χ1) is 11.8. The summed E-state index contributed by atoms with van der Waals surface area (Å²) in [5.74, 6) is 0.687. The highest BCUT2D eigenvalue weighted by atomic mass is 32.2. The van der Waals surface area contributed by atoms with Gasteiger partial charge >= 0.3 is 5.97 Å². The molecule has 2 atom stereocenters. The number of esters is 1. The standard InChI is InChI=1S/C18H22O6S/c1-3-13(2)14-4-6-15(7-5-14)23-12-18(19)24-16-8-10-17(11-9-16)25(20,21)22/h4-10,13,17H,3,11-12H2,1-2H3,(H,20,21,22). The van der Waals surface area contributed by atoms with E-state index in [1.54, 1.807) is 0 Å². The SMILES string of the molecule is CCC(C)c1ccc(OCC(=O)OC2=CCC(S(=O)(=O)O)C=C2)cc1. The van der Waals surface area contributed by atoms with Crippen LogP contribution in [0.4, 0.5) is 0 Å². The highest BCUT2D eigenvalue weighted by Gasteiger charge is 2.22. The fourth-order valence-corrected chi connectivity index (χ4v) is 2.93. The van der Waals surface area contributed by atoms with Crippen LogP contribution in [0, 0.1) is 0 Å². The summed E-state index contributed by atoms with van der Waals surface area (Å²) < 4.78 is 41.4. The van der Waals surface area contributed by atoms with Gasteiger partial charge in [-0.05, 0) is 48.6 Å². The number of carbonyl (C=O) groups excluding carboxylic acids is 1. The maximum absolute atomic E-state index is 11.8. The van der Waals surface area contributed by atoms with Gasteiger partial charge in [0, 0.05) is 0 Å². The van der Waals surface area contributed by atoms with E-state index in [9.17, 15) is 13.2 Å². The first kappa shape index (κ1) is 19.2. The molecule has 0 fully saturated rings. The van der Waals surface area contributed by atoms with Crippen LogP contribution in [0.3, 0.4) is 0 Å². The van der Waals surface area contributed by atoms with Crippen LogP contribution in [0.5, 0.6) is 5.75 Å². The number of carbonyl (C=O) groups is 1. The molecule has 1 aliphatic carbocycles. The Labute approximate surface area is 147 Å². The first-order valence-corrected chi connectivity index (χ1v) is 9.58. The minimum Gasteiger partial charge on any atom is -0.482 e. The Kier molecular flexibility index (Phi) is 6.39. The molecule has 7 heteroatoms. The lowest BCUT2D eigenvalue weighted by molar-refractivity contribution is -0.141. The molecule has 1 aromatic rings. The Balaban J connectivity index is 1.82. The van der Waals surface area contributed by atoms with Gasteiger partial charge in [-0.1, -0.05) is 32.1 Å². The topological polar surface area (TPSA) is 89.9 Å². The summed E-state index contributed by atoms with van der Waals surface area (Å²) in [5.41, 5.74) is 1.21. The van der Waals surface area contributed by atoms with Crippen LogP contribution >= 0.6 is 0 Å². The summed E-state index contributed by atoms with van der Waals surface area (Å²) in [4.78, 5) is 11.8. The van der Waals surface area contributed by atoms with Crippen LogP contribution in [-0.2, 0) is 19.6 Å². The minimum atomic E-state index is -4.13. The Morgan fingerprint density at radius 3 is 2.52 bits per heavy atom. The molecule has 0 saturated heterocycles. The molecule has 1 N–H and O–H groups in total. The van der Waals surface area contributed by atoms with Crippen LogP contribution in [0.2, 0.25) is 0 Å². The molecular formula is C18H22O6S. The van der Waals surface area contributed by atoms with Crippen molar-refractivity contribution in [2.24, 2.45) is 0 Å². The summed E-state index contributed by atoms with van der Waals surface area (Å²) >= 11 is 0. The molecule has 0 saturated carbocycles. The molecule has 0 radical (unpaired) electrons.